The van der Waals surface area contributed by atoms with Crippen molar-refractivity contribution in [2.45, 2.75) is 26.7 Å². The molecular formula is C8H15NO4. The number of carboxylic acid groups (broad SMARTS) is 1. The molecule has 0 bridgehead atoms. The minimum Gasteiger partial charge on any atom is -0.481 e. The summed E-state index contributed by atoms with van der Waals surface area (Å²) in [6.45, 7) is 3.16. The summed E-state index contributed by atoms with van der Waals surface area (Å²) in [7, 11) is 0. The van der Waals surface area contributed by atoms with E-state index < -0.39 is 16.8 Å². The molecule has 1 N–H and O–H groups in total. The van der Waals surface area contributed by atoms with Crippen LogP contribution in [0.15, 0.2) is 0 Å². The molecule has 0 aliphatic heterocycles. The van der Waals surface area contributed by atoms with E-state index in [0.717, 1.165) is 6.42 Å². The summed E-state index contributed by atoms with van der Waals surface area (Å²) in [6, 6.07) is 0. The Morgan fingerprint density at radius 3 is 2.46 bits per heavy atom. The highest BCUT2D eigenvalue weighted by Gasteiger charge is 2.26. The van der Waals surface area contributed by atoms with Crippen molar-refractivity contribution in [3.63, 3.8) is 0 Å². The van der Waals surface area contributed by atoms with Gasteiger partial charge in [-0.3, -0.25) is 14.9 Å². The molecule has 0 aromatic rings. The lowest BCUT2D eigenvalue weighted by atomic mass is 9.90. The first-order valence-corrected chi connectivity index (χ1v) is 4.33. The van der Waals surface area contributed by atoms with Crippen molar-refractivity contribution < 1.29 is 14.8 Å². The summed E-state index contributed by atoms with van der Waals surface area (Å²) >= 11 is 0. The quantitative estimate of drug-likeness (QED) is 0.505. The smallest absolute Gasteiger partial charge is 0.306 e. The van der Waals surface area contributed by atoms with Crippen molar-refractivity contribution >= 4 is 5.97 Å². The monoisotopic (exact) mass is 189 g/mol. The maximum Gasteiger partial charge on any atom is 0.306 e. The molecule has 0 aliphatic rings. The number of rotatable bonds is 6. The lowest BCUT2D eigenvalue weighted by Gasteiger charge is -2.15. The number of carbonyl (C=O) groups is 1. The number of aliphatic carboxylic acids is 1. The maximum absolute atomic E-state index is 10.6. The van der Waals surface area contributed by atoms with Gasteiger partial charge < -0.3 is 5.11 Å². The third-order valence-corrected chi connectivity index (χ3v) is 2.14. The second-order valence-corrected chi connectivity index (χ2v) is 3.19. The SMILES string of the molecule is CCCC(C[N+](=O)[O-])C(C)C(=O)O. The topological polar surface area (TPSA) is 80.4 Å². The van der Waals surface area contributed by atoms with Gasteiger partial charge in [0.15, 0.2) is 0 Å². The third kappa shape index (κ3) is 4.45. The van der Waals surface area contributed by atoms with E-state index in [1.54, 1.807) is 0 Å². The van der Waals surface area contributed by atoms with Gasteiger partial charge in [-0.1, -0.05) is 20.3 Å². The predicted molar refractivity (Wildman–Crippen MR) is 47.1 cm³/mol. The van der Waals surface area contributed by atoms with E-state index >= 15 is 0 Å². The lowest BCUT2D eigenvalue weighted by Crippen LogP contribution is -2.26. The molecule has 0 radical (unpaired) electrons. The zero-order chi connectivity index (χ0) is 10.4. The van der Waals surface area contributed by atoms with Crippen LogP contribution in [0.5, 0.6) is 0 Å². The molecule has 5 nitrogen and oxygen atoms in total. The van der Waals surface area contributed by atoms with E-state index in [9.17, 15) is 14.9 Å². The summed E-state index contributed by atoms with van der Waals surface area (Å²) in [6.07, 6.45) is 1.37. The third-order valence-electron chi connectivity index (χ3n) is 2.14. The van der Waals surface area contributed by atoms with Crippen LogP contribution in [-0.4, -0.2) is 22.5 Å². The Bertz CT molecular complexity index is 193. The summed E-state index contributed by atoms with van der Waals surface area (Å²) in [5.74, 6) is -1.94. The second-order valence-electron chi connectivity index (χ2n) is 3.19. The average Bonchev–Trinajstić information content (AvgIpc) is 2.01. The second kappa shape index (κ2) is 5.50. The Morgan fingerprint density at radius 1 is 1.62 bits per heavy atom. The number of nitrogens with zero attached hydrogens (tertiary/aromatic N) is 1. The fourth-order valence-corrected chi connectivity index (χ4v) is 1.26. The molecule has 0 aliphatic carbocycles. The van der Waals surface area contributed by atoms with Gasteiger partial charge in [0, 0.05) is 10.8 Å². The van der Waals surface area contributed by atoms with Gasteiger partial charge in [0.1, 0.15) is 0 Å². The molecule has 0 spiro atoms. The van der Waals surface area contributed by atoms with Crippen molar-refractivity contribution in [1.29, 1.82) is 0 Å². The van der Waals surface area contributed by atoms with Crippen LogP contribution >= 0.6 is 0 Å². The van der Waals surface area contributed by atoms with Crippen molar-refractivity contribution in [1.82, 2.24) is 0 Å². The van der Waals surface area contributed by atoms with Crippen molar-refractivity contribution in [2.75, 3.05) is 6.54 Å². The van der Waals surface area contributed by atoms with E-state index in [2.05, 4.69) is 0 Å². The predicted octanol–water partition coefficient (Wildman–Crippen LogP) is 1.40. The first kappa shape index (κ1) is 11.9. The van der Waals surface area contributed by atoms with Crippen LogP contribution in [0, 0.1) is 22.0 Å². The molecule has 2 atom stereocenters. The molecule has 0 saturated carbocycles. The minimum absolute atomic E-state index is 0.249. The highest BCUT2D eigenvalue weighted by molar-refractivity contribution is 5.69. The van der Waals surface area contributed by atoms with Gasteiger partial charge in [0.2, 0.25) is 6.54 Å². The fraction of sp³-hybridized carbons (Fsp3) is 0.875. The zero-order valence-electron chi connectivity index (χ0n) is 7.90. The highest BCUT2D eigenvalue weighted by Crippen LogP contribution is 2.17. The first-order chi connectivity index (χ1) is 5.99. The Hall–Kier alpha value is -1.13. The van der Waals surface area contributed by atoms with Crippen LogP contribution in [-0.2, 0) is 4.79 Å². The van der Waals surface area contributed by atoms with E-state index in [1.807, 2.05) is 6.92 Å². The van der Waals surface area contributed by atoms with Crippen LogP contribution in [0.3, 0.4) is 0 Å². The van der Waals surface area contributed by atoms with Crippen LogP contribution in [0.4, 0.5) is 0 Å². The number of hydrogen-bond acceptors (Lipinski definition) is 3. The normalized spacial score (nSPS) is 14.9. The lowest BCUT2D eigenvalue weighted by molar-refractivity contribution is -0.489. The molecule has 0 aromatic heterocycles. The average molecular weight is 189 g/mol. The number of nitro groups is 1. The van der Waals surface area contributed by atoms with E-state index in [4.69, 9.17) is 5.11 Å². The Balaban J connectivity index is 4.22. The molecule has 0 rings (SSSR count). The first-order valence-electron chi connectivity index (χ1n) is 4.33. The Labute approximate surface area is 76.9 Å². The van der Waals surface area contributed by atoms with Gasteiger partial charge in [0.25, 0.3) is 0 Å². The van der Waals surface area contributed by atoms with Gasteiger partial charge in [0.05, 0.1) is 5.92 Å². The van der Waals surface area contributed by atoms with Crippen molar-refractivity contribution in [3.8, 4) is 0 Å². The molecule has 0 fully saturated rings. The molecule has 2 unspecified atom stereocenters. The number of hydrogen-bond donors (Lipinski definition) is 1. The Morgan fingerprint density at radius 2 is 2.15 bits per heavy atom. The Kier molecular flexibility index (Phi) is 5.03. The van der Waals surface area contributed by atoms with Crippen LogP contribution in [0.2, 0.25) is 0 Å². The fourth-order valence-electron chi connectivity index (χ4n) is 1.26. The summed E-state index contributed by atoms with van der Waals surface area (Å²) in [5.41, 5.74) is 0. The summed E-state index contributed by atoms with van der Waals surface area (Å²) in [5, 5.41) is 18.9. The summed E-state index contributed by atoms with van der Waals surface area (Å²) in [4.78, 5) is 20.4. The van der Waals surface area contributed by atoms with Crippen molar-refractivity contribution in [3.05, 3.63) is 10.1 Å². The van der Waals surface area contributed by atoms with E-state index in [0.29, 0.717) is 6.42 Å². The summed E-state index contributed by atoms with van der Waals surface area (Å²) < 4.78 is 0. The van der Waals surface area contributed by atoms with Crippen LogP contribution in [0.25, 0.3) is 0 Å². The maximum atomic E-state index is 10.6. The molecule has 0 aromatic carbocycles. The van der Waals surface area contributed by atoms with Gasteiger partial charge in [-0.2, -0.15) is 0 Å². The largest absolute Gasteiger partial charge is 0.481 e. The van der Waals surface area contributed by atoms with Gasteiger partial charge in [-0.15, -0.1) is 0 Å². The van der Waals surface area contributed by atoms with Crippen LogP contribution < -0.4 is 0 Å². The molecule has 13 heavy (non-hydrogen) atoms. The molecule has 0 amide bonds. The molecule has 5 heteroatoms. The van der Waals surface area contributed by atoms with Crippen LogP contribution in [0.1, 0.15) is 26.7 Å². The van der Waals surface area contributed by atoms with Gasteiger partial charge in [-0.05, 0) is 6.42 Å². The molecule has 0 heterocycles. The molecule has 76 valence electrons. The van der Waals surface area contributed by atoms with E-state index in [1.165, 1.54) is 6.92 Å². The minimum atomic E-state index is -0.958. The van der Waals surface area contributed by atoms with Gasteiger partial charge >= 0.3 is 5.97 Å². The highest BCUT2D eigenvalue weighted by atomic mass is 16.6. The van der Waals surface area contributed by atoms with Gasteiger partial charge in [-0.25, -0.2) is 0 Å². The molecule has 0 saturated heterocycles. The van der Waals surface area contributed by atoms with Crippen molar-refractivity contribution in [2.24, 2.45) is 11.8 Å². The number of carboxylic acids is 1. The zero-order valence-corrected chi connectivity index (χ0v) is 7.90. The molecular weight excluding hydrogens is 174 g/mol. The van der Waals surface area contributed by atoms with E-state index in [-0.39, 0.29) is 12.5 Å². The standard InChI is InChI=1S/C8H15NO4/c1-3-4-7(5-9(12)13)6(2)8(10)11/h6-7H,3-5H2,1-2H3,(H,10,11).